The molecular formula is C16H27NO. The molecule has 0 aliphatic carbocycles. The lowest BCUT2D eigenvalue weighted by Gasteiger charge is -2.14. The van der Waals surface area contributed by atoms with Gasteiger partial charge in [0.25, 0.3) is 0 Å². The van der Waals surface area contributed by atoms with E-state index in [0.29, 0.717) is 5.92 Å². The SMILES string of the molecule is CCC(N)Cc1ccc(OCC(CC)CC)cc1. The molecule has 0 radical (unpaired) electrons. The maximum atomic E-state index is 5.95. The zero-order valence-corrected chi connectivity index (χ0v) is 12.0. The Morgan fingerprint density at radius 2 is 1.61 bits per heavy atom. The summed E-state index contributed by atoms with van der Waals surface area (Å²) in [5.74, 6) is 1.63. The first-order chi connectivity index (χ1) is 8.69. The predicted molar refractivity (Wildman–Crippen MR) is 78.0 cm³/mol. The molecule has 0 heterocycles. The molecule has 0 aliphatic rings. The number of ether oxygens (including phenoxy) is 1. The summed E-state index contributed by atoms with van der Waals surface area (Å²) in [6.45, 7) is 7.37. The second-order valence-corrected chi connectivity index (χ2v) is 5.01. The summed E-state index contributed by atoms with van der Waals surface area (Å²) < 4.78 is 5.80. The molecule has 1 rings (SSSR count). The van der Waals surface area contributed by atoms with Gasteiger partial charge >= 0.3 is 0 Å². The molecule has 0 aromatic heterocycles. The smallest absolute Gasteiger partial charge is 0.119 e. The van der Waals surface area contributed by atoms with Gasteiger partial charge < -0.3 is 10.5 Å². The van der Waals surface area contributed by atoms with Gasteiger partial charge in [-0.05, 0) is 36.5 Å². The molecule has 18 heavy (non-hydrogen) atoms. The molecule has 0 spiro atoms. The van der Waals surface area contributed by atoms with Crippen molar-refractivity contribution >= 4 is 0 Å². The van der Waals surface area contributed by atoms with Gasteiger partial charge in [0.15, 0.2) is 0 Å². The summed E-state index contributed by atoms with van der Waals surface area (Å²) in [7, 11) is 0. The average Bonchev–Trinajstić information content (AvgIpc) is 2.41. The third-order valence-corrected chi connectivity index (χ3v) is 3.59. The quantitative estimate of drug-likeness (QED) is 0.761. The first kappa shape index (κ1) is 15.0. The summed E-state index contributed by atoms with van der Waals surface area (Å²) in [6, 6.07) is 8.62. The molecule has 2 nitrogen and oxygen atoms in total. The third kappa shape index (κ3) is 5.09. The van der Waals surface area contributed by atoms with Crippen molar-refractivity contribution < 1.29 is 4.74 Å². The fourth-order valence-corrected chi connectivity index (χ4v) is 1.91. The number of rotatable bonds is 8. The molecule has 1 aromatic carbocycles. The van der Waals surface area contributed by atoms with Gasteiger partial charge in [0.1, 0.15) is 5.75 Å². The summed E-state index contributed by atoms with van der Waals surface area (Å²) in [4.78, 5) is 0. The van der Waals surface area contributed by atoms with Gasteiger partial charge in [0.2, 0.25) is 0 Å². The van der Waals surface area contributed by atoms with Crippen molar-refractivity contribution in [1.29, 1.82) is 0 Å². The van der Waals surface area contributed by atoms with E-state index >= 15 is 0 Å². The Hall–Kier alpha value is -1.02. The normalized spacial score (nSPS) is 12.7. The lowest BCUT2D eigenvalue weighted by atomic mass is 10.0. The highest BCUT2D eigenvalue weighted by atomic mass is 16.5. The predicted octanol–water partition coefficient (Wildman–Crippen LogP) is 3.78. The summed E-state index contributed by atoms with van der Waals surface area (Å²) in [5, 5.41) is 0. The van der Waals surface area contributed by atoms with Crippen LogP contribution in [-0.2, 0) is 6.42 Å². The lowest BCUT2D eigenvalue weighted by Crippen LogP contribution is -2.21. The zero-order valence-electron chi connectivity index (χ0n) is 12.0. The molecule has 1 aromatic rings. The Morgan fingerprint density at radius 3 is 2.11 bits per heavy atom. The van der Waals surface area contributed by atoms with E-state index in [1.165, 1.54) is 18.4 Å². The van der Waals surface area contributed by atoms with Gasteiger partial charge in [0.05, 0.1) is 6.61 Å². The van der Waals surface area contributed by atoms with Crippen molar-refractivity contribution in [2.45, 2.75) is 52.5 Å². The molecular weight excluding hydrogens is 222 g/mol. The minimum absolute atomic E-state index is 0.265. The minimum Gasteiger partial charge on any atom is -0.493 e. The van der Waals surface area contributed by atoms with E-state index < -0.39 is 0 Å². The van der Waals surface area contributed by atoms with E-state index in [4.69, 9.17) is 10.5 Å². The van der Waals surface area contributed by atoms with E-state index in [9.17, 15) is 0 Å². The van der Waals surface area contributed by atoms with Crippen molar-refractivity contribution in [3.05, 3.63) is 29.8 Å². The van der Waals surface area contributed by atoms with Crippen LogP contribution >= 0.6 is 0 Å². The van der Waals surface area contributed by atoms with E-state index in [0.717, 1.165) is 25.2 Å². The number of benzene rings is 1. The molecule has 0 amide bonds. The highest BCUT2D eigenvalue weighted by Crippen LogP contribution is 2.16. The largest absolute Gasteiger partial charge is 0.493 e. The zero-order chi connectivity index (χ0) is 13.4. The molecule has 102 valence electrons. The van der Waals surface area contributed by atoms with Gasteiger partial charge in [-0.1, -0.05) is 45.7 Å². The van der Waals surface area contributed by atoms with Crippen LogP contribution < -0.4 is 10.5 Å². The van der Waals surface area contributed by atoms with Crippen molar-refractivity contribution in [3.8, 4) is 5.75 Å². The van der Waals surface area contributed by atoms with Gasteiger partial charge in [-0.25, -0.2) is 0 Å². The second kappa shape index (κ2) is 8.15. The fourth-order valence-electron chi connectivity index (χ4n) is 1.91. The van der Waals surface area contributed by atoms with E-state index in [2.05, 4.69) is 45.0 Å². The van der Waals surface area contributed by atoms with Crippen molar-refractivity contribution in [3.63, 3.8) is 0 Å². The number of nitrogens with two attached hydrogens (primary N) is 1. The van der Waals surface area contributed by atoms with Crippen molar-refractivity contribution in [2.24, 2.45) is 11.7 Å². The Labute approximate surface area is 112 Å². The Balaban J connectivity index is 2.45. The summed E-state index contributed by atoms with van der Waals surface area (Å²) in [6.07, 6.45) is 4.33. The third-order valence-electron chi connectivity index (χ3n) is 3.59. The van der Waals surface area contributed by atoms with Crippen LogP contribution in [0.5, 0.6) is 5.75 Å². The van der Waals surface area contributed by atoms with Crippen LogP contribution in [0.3, 0.4) is 0 Å². The summed E-state index contributed by atoms with van der Waals surface area (Å²) in [5.41, 5.74) is 7.24. The Morgan fingerprint density at radius 1 is 1.00 bits per heavy atom. The second-order valence-electron chi connectivity index (χ2n) is 5.01. The fraction of sp³-hybridized carbons (Fsp3) is 0.625. The van der Waals surface area contributed by atoms with Crippen LogP contribution in [0, 0.1) is 5.92 Å². The monoisotopic (exact) mass is 249 g/mol. The number of hydrogen-bond donors (Lipinski definition) is 1. The average molecular weight is 249 g/mol. The highest BCUT2D eigenvalue weighted by molar-refractivity contribution is 5.27. The maximum Gasteiger partial charge on any atom is 0.119 e. The number of hydrogen-bond acceptors (Lipinski definition) is 2. The van der Waals surface area contributed by atoms with E-state index in [1.807, 2.05) is 0 Å². The Kier molecular flexibility index (Phi) is 6.81. The molecule has 1 atom stereocenters. The van der Waals surface area contributed by atoms with Gasteiger partial charge in [0, 0.05) is 6.04 Å². The van der Waals surface area contributed by atoms with Crippen LogP contribution in [0.1, 0.15) is 45.6 Å². The van der Waals surface area contributed by atoms with Gasteiger partial charge in [-0.15, -0.1) is 0 Å². The standard InChI is InChI=1S/C16H27NO/c1-4-13(5-2)12-18-16-9-7-14(8-10-16)11-15(17)6-3/h7-10,13,15H,4-6,11-12,17H2,1-3H3. The van der Waals surface area contributed by atoms with Crippen molar-refractivity contribution in [1.82, 2.24) is 0 Å². The highest BCUT2D eigenvalue weighted by Gasteiger charge is 2.05. The molecule has 2 N–H and O–H groups in total. The molecule has 0 bridgehead atoms. The molecule has 0 fully saturated rings. The van der Waals surface area contributed by atoms with Gasteiger partial charge in [-0.2, -0.15) is 0 Å². The molecule has 0 saturated carbocycles. The van der Waals surface area contributed by atoms with Crippen LogP contribution in [0.2, 0.25) is 0 Å². The molecule has 1 unspecified atom stereocenters. The topological polar surface area (TPSA) is 35.2 Å². The minimum atomic E-state index is 0.265. The lowest BCUT2D eigenvalue weighted by molar-refractivity contribution is 0.240. The van der Waals surface area contributed by atoms with Crippen LogP contribution in [0.4, 0.5) is 0 Å². The van der Waals surface area contributed by atoms with Crippen molar-refractivity contribution in [2.75, 3.05) is 6.61 Å². The summed E-state index contributed by atoms with van der Waals surface area (Å²) >= 11 is 0. The first-order valence-corrected chi connectivity index (χ1v) is 7.16. The molecule has 0 saturated heterocycles. The van der Waals surface area contributed by atoms with Gasteiger partial charge in [-0.3, -0.25) is 0 Å². The first-order valence-electron chi connectivity index (χ1n) is 7.16. The maximum absolute atomic E-state index is 5.95. The molecule has 0 aliphatic heterocycles. The van der Waals surface area contributed by atoms with Crippen LogP contribution in [-0.4, -0.2) is 12.6 Å². The van der Waals surface area contributed by atoms with E-state index in [-0.39, 0.29) is 6.04 Å². The Bertz CT molecular complexity index is 316. The van der Waals surface area contributed by atoms with Crippen LogP contribution in [0.15, 0.2) is 24.3 Å². The molecule has 2 heteroatoms. The van der Waals surface area contributed by atoms with E-state index in [1.54, 1.807) is 0 Å². The van der Waals surface area contributed by atoms with Crippen LogP contribution in [0.25, 0.3) is 0 Å².